The Morgan fingerprint density at radius 1 is 1.29 bits per heavy atom. The van der Waals surface area contributed by atoms with Gasteiger partial charge in [-0.3, -0.25) is 4.57 Å². The molecule has 1 rings (SSSR count). The number of nitrogens with one attached hydrogen (secondary N) is 1. The molecule has 0 radical (unpaired) electrons. The van der Waals surface area contributed by atoms with Crippen molar-refractivity contribution in [3.63, 3.8) is 0 Å². The second-order valence-electron chi connectivity index (χ2n) is 3.01. The van der Waals surface area contributed by atoms with Gasteiger partial charge in [0.2, 0.25) is 0 Å². The molecule has 4 nitrogen and oxygen atoms in total. The monoisotopic (exact) mass is 219 g/mol. The van der Waals surface area contributed by atoms with Crippen molar-refractivity contribution in [3.05, 3.63) is 11.0 Å². The van der Waals surface area contributed by atoms with Gasteiger partial charge >= 0.3 is 7.60 Å². The second-order valence-corrected chi connectivity index (χ2v) is 5.06. The van der Waals surface area contributed by atoms with Crippen LogP contribution in [0, 0.1) is 0 Å². The van der Waals surface area contributed by atoms with Gasteiger partial charge in [-0.15, -0.1) is 0 Å². The summed E-state index contributed by atoms with van der Waals surface area (Å²) in [5.74, 6) is 0. The van der Waals surface area contributed by atoms with Crippen LogP contribution in [0.4, 0.5) is 0 Å². The number of allylic oxidation sites excluding steroid dienone is 2. The van der Waals surface area contributed by atoms with Crippen molar-refractivity contribution in [2.75, 3.05) is 20.3 Å². The molecule has 14 heavy (non-hydrogen) atoms. The molecule has 1 aliphatic rings. The lowest BCUT2D eigenvalue weighted by atomic mass is 10.1. The van der Waals surface area contributed by atoms with Gasteiger partial charge in [0, 0.05) is 12.7 Å². The van der Waals surface area contributed by atoms with Crippen molar-refractivity contribution in [2.24, 2.45) is 0 Å². The van der Waals surface area contributed by atoms with E-state index < -0.39 is 7.60 Å². The Hall–Kier alpha value is -0.310. The molecule has 0 atom stereocenters. The summed E-state index contributed by atoms with van der Waals surface area (Å²) in [5, 5.41) is 3.84. The lowest BCUT2D eigenvalue weighted by molar-refractivity contribution is 0.223. The van der Waals surface area contributed by atoms with E-state index in [1.807, 2.05) is 20.9 Å². The highest BCUT2D eigenvalue weighted by Gasteiger charge is 2.36. The summed E-state index contributed by atoms with van der Waals surface area (Å²) in [6, 6.07) is 0. The molecule has 0 aliphatic heterocycles. The van der Waals surface area contributed by atoms with Crippen LogP contribution in [0.1, 0.15) is 26.7 Å². The van der Waals surface area contributed by atoms with Crippen molar-refractivity contribution < 1.29 is 13.6 Å². The molecule has 0 fully saturated rings. The van der Waals surface area contributed by atoms with Gasteiger partial charge < -0.3 is 14.4 Å². The normalized spacial score (nSPS) is 16.8. The molecule has 1 aliphatic carbocycles. The van der Waals surface area contributed by atoms with Crippen molar-refractivity contribution >= 4 is 7.60 Å². The Morgan fingerprint density at radius 2 is 1.86 bits per heavy atom. The Balaban J connectivity index is 2.83. The van der Waals surface area contributed by atoms with Crippen LogP contribution in [0.2, 0.25) is 0 Å². The predicted molar refractivity (Wildman–Crippen MR) is 56.2 cm³/mol. The predicted octanol–water partition coefficient (Wildman–Crippen LogP) is 2.48. The van der Waals surface area contributed by atoms with Crippen LogP contribution in [0.5, 0.6) is 0 Å². The molecular formula is C9H18NO3P. The van der Waals surface area contributed by atoms with Gasteiger partial charge in [-0.2, -0.15) is 0 Å². The van der Waals surface area contributed by atoms with E-state index in [1.165, 1.54) is 0 Å². The van der Waals surface area contributed by atoms with Crippen molar-refractivity contribution in [2.45, 2.75) is 26.7 Å². The third-order valence-electron chi connectivity index (χ3n) is 2.19. The molecule has 5 heteroatoms. The Labute approximate surface area is 85.2 Å². The van der Waals surface area contributed by atoms with Crippen molar-refractivity contribution in [3.8, 4) is 0 Å². The van der Waals surface area contributed by atoms with Gasteiger partial charge in [-0.05, 0) is 26.7 Å². The zero-order valence-corrected chi connectivity index (χ0v) is 9.89. The van der Waals surface area contributed by atoms with E-state index in [0.29, 0.717) is 13.2 Å². The first-order valence-electron chi connectivity index (χ1n) is 4.97. The highest BCUT2D eigenvalue weighted by Crippen LogP contribution is 2.62. The lowest BCUT2D eigenvalue weighted by Gasteiger charge is -2.29. The minimum Gasteiger partial charge on any atom is -0.391 e. The van der Waals surface area contributed by atoms with Crippen LogP contribution in [0.25, 0.3) is 0 Å². The minimum atomic E-state index is -2.98. The molecule has 0 unspecified atom stereocenters. The van der Waals surface area contributed by atoms with Gasteiger partial charge in [0.1, 0.15) is 0 Å². The molecule has 1 N–H and O–H groups in total. The average molecular weight is 219 g/mol. The molecule has 0 bridgehead atoms. The van der Waals surface area contributed by atoms with Crippen LogP contribution in [0.15, 0.2) is 11.0 Å². The topological polar surface area (TPSA) is 47.6 Å². The Bertz CT molecular complexity index is 265. The fraction of sp³-hybridized carbons (Fsp3) is 0.778. The molecule has 0 aromatic rings. The largest absolute Gasteiger partial charge is 0.391 e. The number of rotatable bonds is 6. The molecule has 0 spiro atoms. The summed E-state index contributed by atoms with van der Waals surface area (Å²) in [6.45, 7) is 4.48. The molecular weight excluding hydrogens is 201 g/mol. The van der Waals surface area contributed by atoms with Crippen LogP contribution in [0.3, 0.4) is 0 Å². The Kier molecular flexibility index (Phi) is 4.17. The van der Waals surface area contributed by atoms with E-state index in [0.717, 1.165) is 23.9 Å². The smallest absolute Gasteiger partial charge is 0.359 e. The standard InChI is InChI=1S/C9H18NO3P/c1-4-12-14(11,13-5-2)9-7-6-8(9)10-3/h10H,4-7H2,1-3H3. The SMILES string of the molecule is CCOP(=O)(OCC)C1=C(NC)CC1. The summed E-state index contributed by atoms with van der Waals surface area (Å²) in [6.07, 6.45) is 1.75. The van der Waals surface area contributed by atoms with Gasteiger partial charge in [-0.1, -0.05) is 0 Å². The van der Waals surface area contributed by atoms with Crippen LogP contribution in [-0.4, -0.2) is 20.3 Å². The van der Waals surface area contributed by atoms with Crippen LogP contribution in [-0.2, 0) is 13.6 Å². The fourth-order valence-corrected chi connectivity index (χ4v) is 3.47. The van der Waals surface area contributed by atoms with Crippen LogP contribution < -0.4 is 5.32 Å². The first-order chi connectivity index (χ1) is 6.68. The number of hydrogen-bond donors (Lipinski definition) is 1. The first kappa shape index (κ1) is 11.8. The molecule has 0 amide bonds. The van der Waals surface area contributed by atoms with Gasteiger partial charge in [0.05, 0.1) is 18.5 Å². The van der Waals surface area contributed by atoms with E-state index in [1.54, 1.807) is 0 Å². The van der Waals surface area contributed by atoms with E-state index in [4.69, 9.17) is 9.05 Å². The molecule has 0 aromatic carbocycles. The molecule has 82 valence electrons. The summed E-state index contributed by atoms with van der Waals surface area (Å²) >= 11 is 0. The zero-order valence-electron chi connectivity index (χ0n) is 9.00. The second kappa shape index (κ2) is 4.96. The maximum atomic E-state index is 12.2. The fourth-order valence-electron chi connectivity index (χ4n) is 1.47. The summed E-state index contributed by atoms with van der Waals surface area (Å²) < 4.78 is 22.7. The summed E-state index contributed by atoms with van der Waals surface area (Å²) in [5.41, 5.74) is 1.01. The lowest BCUT2D eigenvalue weighted by Crippen LogP contribution is -2.18. The summed E-state index contributed by atoms with van der Waals surface area (Å²) in [4.78, 5) is 0. The molecule has 0 aromatic heterocycles. The van der Waals surface area contributed by atoms with Gasteiger partial charge in [0.25, 0.3) is 0 Å². The van der Waals surface area contributed by atoms with E-state index >= 15 is 0 Å². The van der Waals surface area contributed by atoms with Crippen LogP contribution >= 0.6 is 7.60 Å². The third-order valence-corrected chi connectivity index (χ3v) is 4.54. The Morgan fingerprint density at radius 3 is 2.14 bits per heavy atom. The summed E-state index contributed by atoms with van der Waals surface area (Å²) in [7, 11) is -1.15. The average Bonchev–Trinajstić information content (AvgIpc) is 2.03. The van der Waals surface area contributed by atoms with Crippen molar-refractivity contribution in [1.29, 1.82) is 0 Å². The first-order valence-corrected chi connectivity index (χ1v) is 6.51. The minimum absolute atomic E-state index is 0.414. The molecule has 0 heterocycles. The van der Waals surface area contributed by atoms with E-state index in [-0.39, 0.29) is 0 Å². The third kappa shape index (κ3) is 2.19. The maximum absolute atomic E-state index is 12.2. The van der Waals surface area contributed by atoms with Gasteiger partial charge in [0.15, 0.2) is 0 Å². The number of hydrogen-bond acceptors (Lipinski definition) is 4. The van der Waals surface area contributed by atoms with Crippen molar-refractivity contribution in [1.82, 2.24) is 5.32 Å². The quantitative estimate of drug-likeness (QED) is 0.697. The molecule has 0 saturated carbocycles. The highest BCUT2D eigenvalue weighted by atomic mass is 31.2. The maximum Gasteiger partial charge on any atom is 0.359 e. The van der Waals surface area contributed by atoms with E-state index in [2.05, 4.69) is 5.32 Å². The zero-order chi connectivity index (χ0) is 10.6. The van der Waals surface area contributed by atoms with Gasteiger partial charge in [-0.25, -0.2) is 0 Å². The molecule has 0 saturated heterocycles. The van der Waals surface area contributed by atoms with E-state index in [9.17, 15) is 4.57 Å². The highest BCUT2D eigenvalue weighted by molar-refractivity contribution is 7.58.